The van der Waals surface area contributed by atoms with Gasteiger partial charge in [-0.05, 0) is 35.4 Å². The molecule has 0 spiro atoms. The van der Waals surface area contributed by atoms with E-state index in [-0.39, 0.29) is 17.4 Å². The Bertz CT molecular complexity index is 1140. The number of rotatable bonds is 6. The Morgan fingerprint density at radius 3 is 1.41 bits per heavy atom. The maximum absolute atomic E-state index is 11.6. The van der Waals surface area contributed by atoms with Gasteiger partial charge in [-0.15, -0.1) is 0 Å². The van der Waals surface area contributed by atoms with Gasteiger partial charge in [0, 0.05) is 11.1 Å². The maximum Gasteiger partial charge on any atom is 0.337 e. The topological polar surface area (TPSA) is 121 Å². The van der Waals surface area contributed by atoms with Gasteiger partial charge in [0.2, 0.25) is 0 Å². The second-order valence-electron chi connectivity index (χ2n) is 7.38. The highest BCUT2D eigenvalue weighted by molar-refractivity contribution is 6.25. The molecule has 3 aromatic carbocycles. The quantitative estimate of drug-likeness (QED) is 0.568. The Morgan fingerprint density at radius 1 is 0.676 bits per heavy atom. The summed E-state index contributed by atoms with van der Waals surface area (Å²) in [7, 11) is 2.73. The van der Waals surface area contributed by atoms with Crippen LogP contribution in [0.1, 0.15) is 43.0 Å². The number of aliphatic imine (C=N–C) groups is 2. The average molecular weight is 460 g/mol. The summed E-state index contributed by atoms with van der Waals surface area (Å²) in [6.45, 7) is 0.917. The van der Waals surface area contributed by atoms with E-state index in [1.54, 1.807) is 24.3 Å². The van der Waals surface area contributed by atoms with Crippen molar-refractivity contribution in [1.82, 2.24) is 5.32 Å². The van der Waals surface area contributed by atoms with Gasteiger partial charge in [0.1, 0.15) is 11.7 Å². The minimum atomic E-state index is -0.361. The number of hydrogen-bond donors (Lipinski definition) is 1. The highest BCUT2D eigenvalue weighted by Crippen LogP contribution is 2.18. The van der Waals surface area contributed by atoms with E-state index < -0.39 is 0 Å². The minimum absolute atomic E-state index is 0. The van der Waals surface area contributed by atoms with Crippen LogP contribution in [0.4, 0.5) is 0 Å². The van der Waals surface area contributed by atoms with Gasteiger partial charge in [0.25, 0.3) is 0 Å². The Balaban J connectivity index is 0.00000324. The Hall–Kier alpha value is -4.30. The van der Waals surface area contributed by atoms with E-state index in [9.17, 15) is 9.59 Å². The Kier molecular flexibility index (Phi) is 7.89. The van der Waals surface area contributed by atoms with Crippen LogP contribution in [0.25, 0.3) is 0 Å². The molecule has 0 unspecified atom stereocenters. The summed E-state index contributed by atoms with van der Waals surface area (Å²) >= 11 is 0. The molecule has 34 heavy (non-hydrogen) atoms. The summed E-state index contributed by atoms with van der Waals surface area (Å²) in [5.74, 6) is 0.782. The zero-order valence-electron chi connectivity index (χ0n) is 18.9. The Morgan fingerprint density at radius 2 is 1.06 bits per heavy atom. The van der Waals surface area contributed by atoms with Crippen molar-refractivity contribution in [2.45, 2.75) is 13.1 Å². The summed E-state index contributed by atoms with van der Waals surface area (Å²) in [6.07, 6.45) is 0. The Labute approximate surface area is 197 Å². The van der Waals surface area contributed by atoms with Gasteiger partial charge >= 0.3 is 11.9 Å². The van der Waals surface area contributed by atoms with E-state index in [0.29, 0.717) is 24.2 Å². The molecule has 0 saturated heterocycles. The van der Waals surface area contributed by atoms with Crippen molar-refractivity contribution < 1.29 is 24.5 Å². The lowest BCUT2D eigenvalue weighted by Crippen LogP contribution is -2.23. The highest BCUT2D eigenvalue weighted by atomic mass is 16.5. The summed E-state index contributed by atoms with van der Waals surface area (Å²) in [5.41, 5.74) is 4.95. The second kappa shape index (κ2) is 11.0. The van der Waals surface area contributed by atoms with Gasteiger partial charge in [-0.25, -0.2) is 9.59 Å². The van der Waals surface area contributed by atoms with Crippen molar-refractivity contribution >= 4 is 23.6 Å². The number of methoxy groups -OCH3 is 2. The molecule has 1 aliphatic rings. The average Bonchev–Trinajstić information content (AvgIpc) is 3.23. The first kappa shape index (κ1) is 24.3. The molecule has 1 aliphatic heterocycles. The molecule has 3 N–H and O–H groups in total. The number of fused-ring (bicyclic) bond motifs is 1. The number of hydrogen-bond acceptors (Lipinski definition) is 6. The third kappa shape index (κ3) is 5.36. The van der Waals surface area contributed by atoms with Crippen LogP contribution >= 0.6 is 0 Å². The summed E-state index contributed by atoms with van der Waals surface area (Å²) in [5, 5.41) is 3.33. The molecule has 8 heteroatoms. The zero-order chi connectivity index (χ0) is 23.2. The monoisotopic (exact) mass is 459 g/mol. The first-order valence-corrected chi connectivity index (χ1v) is 10.4. The molecule has 0 radical (unpaired) electrons. The molecule has 0 atom stereocenters. The SMILES string of the molecule is COC(=O)c1ccc(CN=C2NC(=NCc3ccc(C(=O)OC)cc3)c3ccccc32)cc1.O. The van der Waals surface area contributed by atoms with Gasteiger partial charge < -0.3 is 20.3 Å². The fraction of sp³-hybridized carbons (Fsp3) is 0.154. The molecule has 3 aromatic rings. The molecule has 4 rings (SSSR count). The molecule has 174 valence electrons. The zero-order valence-corrected chi connectivity index (χ0v) is 18.9. The van der Waals surface area contributed by atoms with Crippen LogP contribution in [-0.2, 0) is 22.6 Å². The van der Waals surface area contributed by atoms with Crippen LogP contribution < -0.4 is 5.32 Å². The van der Waals surface area contributed by atoms with E-state index >= 15 is 0 Å². The number of benzene rings is 3. The van der Waals surface area contributed by atoms with Crippen LogP contribution in [0.15, 0.2) is 82.8 Å². The van der Waals surface area contributed by atoms with Gasteiger partial charge in [-0.3, -0.25) is 9.98 Å². The smallest absolute Gasteiger partial charge is 0.337 e. The third-order valence-electron chi connectivity index (χ3n) is 5.26. The molecule has 0 fully saturated rings. The van der Waals surface area contributed by atoms with Crippen LogP contribution in [0.2, 0.25) is 0 Å². The number of amidine groups is 2. The third-order valence-corrected chi connectivity index (χ3v) is 5.26. The number of nitrogens with zero attached hydrogens (tertiary/aromatic N) is 2. The van der Waals surface area contributed by atoms with Crippen LogP contribution in [0.5, 0.6) is 0 Å². The standard InChI is InChI=1S/C26H23N3O4.H2O/c1-32-25(30)19-11-7-17(8-12-19)15-27-23-21-5-3-4-6-22(21)24(29-23)28-16-18-9-13-20(14-10-18)26(31)33-2;/h3-14H,15-16H2,1-2H3,(H,27,28,29);1H2. The lowest BCUT2D eigenvalue weighted by molar-refractivity contribution is 0.0592. The molecule has 1 heterocycles. The highest BCUT2D eigenvalue weighted by Gasteiger charge is 2.22. The van der Waals surface area contributed by atoms with E-state index in [1.807, 2.05) is 48.5 Å². The summed E-state index contributed by atoms with van der Waals surface area (Å²) in [4.78, 5) is 32.7. The van der Waals surface area contributed by atoms with Gasteiger partial charge in [-0.2, -0.15) is 0 Å². The van der Waals surface area contributed by atoms with Crippen LogP contribution in [0.3, 0.4) is 0 Å². The van der Waals surface area contributed by atoms with Crippen molar-refractivity contribution in [3.63, 3.8) is 0 Å². The van der Waals surface area contributed by atoms with E-state index in [4.69, 9.17) is 19.5 Å². The van der Waals surface area contributed by atoms with Crippen molar-refractivity contribution in [3.8, 4) is 0 Å². The molecule has 0 aliphatic carbocycles. The minimum Gasteiger partial charge on any atom is -0.465 e. The number of carbonyl (C=O) groups excluding carboxylic acids is 2. The largest absolute Gasteiger partial charge is 0.465 e. The lowest BCUT2D eigenvalue weighted by Gasteiger charge is -2.04. The van der Waals surface area contributed by atoms with Crippen molar-refractivity contribution in [2.75, 3.05) is 14.2 Å². The van der Waals surface area contributed by atoms with Gasteiger partial charge in [-0.1, -0.05) is 48.5 Å². The predicted octanol–water partition coefficient (Wildman–Crippen LogP) is 2.93. The van der Waals surface area contributed by atoms with Crippen molar-refractivity contribution in [2.24, 2.45) is 9.98 Å². The normalized spacial score (nSPS) is 14.2. The molecule has 8 nitrogen and oxygen atoms in total. The summed E-state index contributed by atoms with van der Waals surface area (Å²) < 4.78 is 9.47. The summed E-state index contributed by atoms with van der Waals surface area (Å²) in [6, 6.07) is 22.3. The predicted molar refractivity (Wildman–Crippen MR) is 129 cm³/mol. The van der Waals surface area contributed by atoms with Crippen LogP contribution in [0, 0.1) is 0 Å². The van der Waals surface area contributed by atoms with E-state index in [0.717, 1.165) is 33.9 Å². The number of carbonyl (C=O) groups is 2. The first-order valence-electron chi connectivity index (χ1n) is 10.4. The lowest BCUT2D eigenvalue weighted by atomic mass is 10.1. The number of ether oxygens (including phenoxy) is 2. The molecule has 0 bridgehead atoms. The van der Waals surface area contributed by atoms with Crippen molar-refractivity contribution in [1.29, 1.82) is 0 Å². The molecule has 0 saturated carbocycles. The van der Waals surface area contributed by atoms with Gasteiger partial charge in [0.05, 0.1) is 38.4 Å². The molecular weight excluding hydrogens is 434 g/mol. The fourth-order valence-corrected chi connectivity index (χ4v) is 3.46. The van der Waals surface area contributed by atoms with E-state index in [1.165, 1.54) is 14.2 Å². The molecular formula is C26H25N3O5. The first-order chi connectivity index (χ1) is 16.1. The molecule has 0 aromatic heterocycles. The molecule has 0 amide bonds. The van der Waals surface area contributed by atoms with Crippen LogP contribution in [-0.4, -0.2) is 43.3 Å². The van der Waals surface area contributed by atoms with Gasteiger partial charge in [0.15, 0.2) is 0 Å². The number of nitrogens with one attached hydrogen (secondary N) is 1. The van der Waals surface area contributed by atoms with Crippen molar-refractivity contribution in [3.05, 3.63) is 106 Å². The van der Waals surface area contributed by atoms with E-state index in [2.05, 4.69) is 5.32 Å². The number of esters is 2. The second-order valence-corrected chi connectivity index (χ2v) is 7.38. The maximum atomic E-state index is 11.6. The fourth-order valence-electron chi connectivity index (χ4n) is 3.46.